The van der Waals surface area contributed by atoms with Gasteiger partial charge in [0.1, 0.15) is 11.6 Å². The quantitative estimate of drug-likeness (QED) is 0.529. The van der Waals surface area contributed by atoms with Gasteiger partial charge in [-0.25, -0.2) is 8.78 Å². The molecule has 0 atom stereocenters. The minimum atomic E-state index is -0.443. The summed E-state index contributed by atoms with van der Waals surface area (Å²) < 4.78 is 27.6. The van der Waals surface area contributed by atoms with Gasteiger partial charge in [0.2, 0.25) is 5.91 Å². The third-order valence-electron chi connectivity index (χ3n) is 5.16. The molecule has 1 aliphatic rings. The summed E-state index contributed by atoms with van der Waals surface area (Å²) in [5, 5.41) is 6.24. The zero-order valence-electron chi connectivity index (χ0n) is 18.7. The fourth-order valence-corrected chi connectivity index (χ4v) is 3.65. The molecule has 0 aliphatic carbocycles. The number of nitrogens with zero attached hydrogens (tertiary/aromatic N) is 4. The monoisotopic (exact) mass is 444 g/mol. The van der Waals surface area contributed by atoms with Crippen LogP contribution in [0.5, 0.6) is 0 Å². The van der Waals surface area contributed by atoms with E-state index >= 15 is 0 Å². The highest BCUT2D eigenvalue weighted by atomic mass is 19.1. The van der Waals surface area contributed by atoms with Crippen LogP contribution in [0.1, 0.15) is 5.56 Å². The lowest BCUT2D eigenvalue weighted by Crippen LogP contribution is -2.52. The predicted molar refractivity (Wildman–Crippen MR) is 124 cm³/mol. The first kappa shape index (κ1) is 23.5. The lowest BCUT2D eigenvalue weighted by Gasteiger charge is -2.37. The molecule has 2 aromatic carbocycles. The second-order valence-corrected chi connectivity index (χ2v) is 7.96. The van der Waals surface area contributed by atoms with Gasteiger partial charge in [0.05, 0.1) is 12.2 Å². The third kappa shape index (κ3) is 6.40. The lowest BCUT2D eigenvalue weighted by molar-refractivity contribution is -0.116. The summed E-state index contributed by atoms with van der Waals surface area (Å²) >= 11 is 0. The van der Waals surface area contributed by atoms with E-state index in [1.54, 1.807) is 7.05 Å². The van der Waals surface area contributed by atoms with Gasteiger partial charge in [0.25, 0.3) is 0 Å². The van der Waals surface area contributed by atoms with Crippen molar-refractivity contribution in [2.45, 2.75) is 6.54 Å². The maximum absolute atomic E-state index is 14.1. The zero-order chi connectivity index (χ0) is 23.1. The van der Waals surface area contributed by atoms with Gasteiger partial charge in [0.15, 0.2) is 5.96 Å². The van der Waals surface area contributed by atoms with Crippen LogP contribution in [-0.2, 0) is 11.3 Å². The number of nitrogens with one attached hydrogen (secondary N) is 2. The summed E-state index contributed by atoms with van der Waals surface area (Å²) in [5.41, 5.74) is 2.05. The molecule has 1 heterocycles. The Bertz CT molecular complexity index is 957. The highest BCUT2D eigenvalue weighted by Crippen LogP contribution is 2.22. The van der Waals surface area contributed by atoms with Crippen LogP contribution in [0.25, 0.3) is 0 Å². The van der Waals surface area contributed by atoms with Crippen molar-refractivity contribution in [1.82, 2.24) is 15.1 Å². The van der Waals surface area contributed by atoms with E-state index < -0.39 is 11.6 Å². The highest BCUT2D eigenvalue weighted by Gasteiger charge is 2.22. The van der Waals surface area contributed by atoms with Gasteiger partial charge in [-0.2, -0.15) is 0 Å². The first-order chi connectivity index (χ1) is 15.4. The largest absolute Gasteiger partial charge is 0.366 e. The van der Waals surface area contributed by atoms with Crippen LogP contribution in [0.4, 0.5) is 20.2 Å². The van der Waals surface area contributed by atoms with Crippen molar-refractivity contribution in [1.29, 1.82) is 0 Å². The topological polar surface area (TPSA) is 63.2 Å². The average Bonchev–Trinajstić information content (AvgIpc) is 2.76. The number of halogens is 2. The van der Waals surface area contributed by atoms with Crippen molar-refractivity contribution in [3.63, 3.8) is 0 Å². The third-order valence-corrected chi connectivity index (χ3v) is 5.16. The van der Waals surface area contributed by atoms with Gasteiger partial charge < -0.3 is 25.3 Å². The van der Waals surface area contributed by atoms with Crippen LogP contribution >= 0.6 is 0 Å². The molecule has 1 amide bonds. The van der Waals surface area contributed by atoms with E-state index in [4.69, 9.17) is 0 Å². The number of hydrogen-bond acceptors (Lipinski definition) is 4. The fourth-order valence-electron chi connectivity index (χ4n) is 3.65. The second kappa shape index (κ2) is 10.9. The normalized spacial score (nSPS) is 14.6. The molecular weight excluding hydrogens is 414 g/mol. The molecule has 9 heteroatoms. The summed E-state index contributed by atoms with van der Waals surface area (Å²) in [5.74, 6) is -0.184. The molecule has 0 spiro atoms. The van der Waals surface area contributed by atoms with Crippen molar-refractivity contribution < 1.29 is 13.6 Å². The van der Waals surface area contributed by atoms with Crippen molar-refractivity contribution in [2.75, 3.05) is 64.1 Å². The molecule has 32 heavy (non-hydrogen) atoms. The number of guanidine groups is 1. The predicted octanol–water partition coefficient (Wildman–Crippen LogP) is 2.36. The average molecular weight is 445 g/mol. The highest BCUT2D eigenvalue weighted by molar-refractivity contribution is 5.92. The van der Waals surface area contributed by atoms with Crippen molar-refractivity contribution in [3.05, 3.63) is 59.7 Å². The minimum Gasteiger partial charge on any atom is -0.366 e. The first-order valence-electron chi connectivity index (χ1n) is 10.5. The van der Waals surface area contributed by atoms with E-state index in [1.165, 1.54) is 6.07 Å². The molecule has 0 radical (unpaired) electrons. The molecule has 0 aromatic heterocycles. The van der Waals surface area contributed by atoms with Crippen LogP contribution in [-0.4, -0.2) is 75.5 Å². The molecule has 2 aromatic rings. The van der Waals surface area contributed by atoms with E-state index in [0.29, 0.717) is 45.0 Å². The van der Waals surface area contributed by atoms with Crippen LogP contribution in [0.15, 0.2) is 47.5 Å². The van der Waals surface area contributed by atoms with Crippen LogP contribution in [0.3, 0.4) is 0 Å². The Morgan fingerprint density at radius 2 is 1.84 bits per heavy atom. The molecule has 7 nitrogen and oxygen atoms in total. The van der Waals surface area contributed by atoms with Gasteiger partial charge in [0, 0.05) is 51.5 Å². The van der Waals surface area contributed by atoms with Gasteiger partial charge in [-0.15, -0.1) is 0 Å². The number of benzene rings is 2. The van der Waals surface area contributed by atoms with Gasteiger partial charge in [-0.05, 0) is 43.9 Å². The number of likely N-dealkylation sites (N-methyl/N-ethyl adjacent to an activating group) is 1. The second-order valence-electron chi connectivity index (χ2n) is 7.96. The Morgan fingerprint density at radius 3 is 2.53 bits per heavy atom. The number of amides is 1. The van der Waals surface area contributed by atoms with Gasteiger partial charge in [-0.3, -0.25) is 9.79 Å². The van der Waals surface area contributed by atoms with E-state index in [2.05, 4.69) is 20.5 Å². The number of anilines is 2. The number of rotatable bonds is 6. The summed E-state index contributed by atoms with van der Waals surface area (Å²) in [6, 6.07) is 11.2. The molecule has 1 fully saturated rings. The Morgan fingerprint density at radius 1 is 1.09 bits per heavy atom. The number of carbonyl (C=O) groups is 1. The molecule has 1 aliphatic heterocycles. The molecule has 3 rings (SSSR count). The summed E-state index contributed by atoms with van der Waals surface area (Å²) in [4.78, 5) is 22.1. The maximum Gasteiger partial charge on any atom is 0.238 e. The molecule has 0 bridgehead atoms. The van der Waals surface area contributed by atoms with Crippen molar-refractivity contribution in [3.8, 4) is 0 Å². The van der Waals surface area contributed by atoms with Crippen LogP contribution in [0, 0.1) is 11.6 Å². The smallest absolute Gasteiger partial charge is 0.238 e. The van der Waals surface area contributed by atoms with Crippen molar-refractivity contribution in [2.24, 2.45) is 4.99 Å². The number of aliphatic imine (C=N–C) groups is 1. The van der Waals surface area contributed by atoms with E-state index in [0.717, 1.165) is 29.3 Å². The Hall–Kier alpha value is -3.20. The van der Waals surface area contributed by atoms with Crippen LogP contribution < -0.4 is 15.5 Å². The number of piperazine rings is 1. The van der Waals surface area contributed by atoms with Crippen molar-refractivity contribution >= 4 is 23.2 Å². The summed E-state index contributed by atoms with van der Waals surface area (Å²) in [6.07, 6.45) is 0. The Balaban J connectivity index is 1.54. The van der Waals surface area contributed by atoms with E-state index in [-0.39, 0.29) is 5.91 Å². The minimum absolute atomic E-state index is 0.0662. The molecule has 172 valence electrons. The number of carbonyl (C=O) groups excluding carboxylic acids is 1. The molecule has 0 saturated carbocycles. The fraction of sp³-hybridized carbons (Fsp3) is 0.391. The van der Waals surface area contributed by atoms with Gasteiger partial charge in [-0.1, -0.05) is 12.1 Å². The van der Waals surface area contributed by atoms with E-state index in [9.17, 15) is 13.6 Å². The lowest BCUT2D eigenvalue weighted by atomic mass is 10.2. The molecule has 1 saturated heterocycles. The summed E-state index contributed by atoms with van der Waals surface area (Å²) in [7, 11) is 5.42. The van der Waals surface area contributed by atoms with Gasteiger partial charge >= 0.3 is 0 Å². The SMILES string of the molecule is CN=C(NCc1cccc(NC(=O)CN(C)C)c1)N1CCN(c2cc(F)ccc2F)CC1. The molecular formula is C23H30F2N6O. The number of hydrogen-bond donors (Lipinski definition) is 2. The first-order valence-corrected chi connectivity index (χ1v) is 10.5. The molecule has 0 unspecified atom stereocenters. The standard InChI is InChI=1S/C23H30F2N6O/c1-26-23(27-15-17-5-4-6-19(13-17)28-22(32)16-29(2)3)31-11-9-30(10-12-31)21-14-18(24)7-8-20(21)25/h4-8,13-14H,9-12,15-16H2,1-3H3,(H,26,27)(H,28,32). The molecule has 2 N–H and O–H groups in total. The Kier molecular flexibility index (Phi) is 7.99. The van der Waals surface area contributed by atoms with E-state index in [1.807, 2.05) is 48.2 Å². The zero-order valence-corrected chi connectivity index (χ0v) is 18.7. The Labute approximate surface area is 187 Å². The van der Waals surface area contributed by atoms with Crippen LogP contribution in [0.2, 0.25) is 0 Å². The maximum atomic E-state index is 14.1. The summed E-state index contributed by atoms with van der Waals surface area (Å²) in [6.45, 7) is 3.26.